The fraction of sp³-hybridized carbons (Fsp3) is 0.357. The summed E-state index contributed by atoms with van der Waals surface area (Å²) in [5.74, 6) is 4.19. The van der Waals surface area contributed by atoms with Gasteiger partial charge in [0.15, 0.2) is 0 Å². The SMILES string of the molecule is CN(Cc1cccc(C#CCO)c1)C(=O)CC(F)(F)F. The lowest BCUT2D eigenvalue weighted by atomic mass is 10.1. The Balaban J connectivity index is 2.70. The van der Waals surface area contributed by atoms with Crippen LogP contribution >= 0.6 is 0 Å². The Morgan fingerprint density at radius 2 is 2.10 bits per heavy atom. The number of carbonyl (C=O) groups excluding carboxylic acids is 1. The van der Waals surface area contributed by atoms with Crippen molar-refractivity contribution in [3.05, 3.63) is 35.4 Å². The summed E-state index contributed by atoms with van der Waals surface area (Å²) in [6, 6.07) is 6.77. The number of benzene rings is 1. The highest BCUT2D eigenvalue weighted by molar-refractivity contribution is 5.76. The number of aliphatic hydroxyl groups excluding tert-OH is 1. The lowest BCUT2D eigenvalue weighted by Gasteiger charge is -2.18. The van der Waals surface area contributed by atoms with Gasteiger partial charge in [0, 0.05) is 19.2 Å². The summed E-state index contributed by atoms with van der Waals surface area (Å²) in [5.41, 5.74) is 1.31. The molecule has 1 aromatic rings. The number of aliphatic hydroxyl groups is 1. The van der Waals surface area contributed by atoms with Gasteiger partial charge in [-0.25, -0.2) is 0 Å². The highest BCUT2D eigenvalue weighted by atomic mass is 19.4. The minimum Gasteiger partial charge on any atom is -0.384 e. The highest BCUT2D eigenvalue weighted by Crippen LogP contribution is 2.20. The number of hydrogen-bond donors (Lipinski definition) is 1. The minimum absolute atomic E-state index is 0.0730. The Morgan fingerprint density at radius 1 is 1.40 bits per heavy atom. The van der Waals surface area contributed by atoms with Crippen molar-refractivity contribution < 1.29 is 23.1 Å². The van der Waals surface area contributed by atoms with E-state index in [1.165, 1.54) is 7.05 Å². The van der Waals surface area contributed by atoms with Crippen molar-refractivity contribution in [2.24, 2.45) is 0 Å². The molecule has 0 aliphatic rings. The number of rotatable bonds is 3. The fourth-order valence-corrected chi connectivity index (χ4v) is 1.56. The van der Waals surface area contributed by atoms with Crippen molar-refractivity contribution in [3.63, 3.8) is 0 Å². The van der Waals surface area contributed by atoms with E-state index in [9.17, 15) is 18.0 Å². The van der Waals surface area contributed by atoms with Crippen LogP contribution in [-0.2, 0) is 11.3 Å². The zero-order chi connectivity index (χ0) is 15.2. The molecule has 0 saturated heterocycles. The van der Waals surface area contributed by atoms with Gasteiger partial charge in [-0.2, -0.15) is 13.2 Å². The molecule has 1 N–H and O–H groups in total. The van der Waals surface area contributed by atoms with Gasteiger partial charge in [0.2, 0.25) is 5.91 Å². The monoisotopic (exact) mass is 285 g/mol. The Hall–Kier alpha value is -2.00. The topological polar surface area (TPSA) is 40.5 Å². The molecule has 108 valence electrons. The summed E-state index contributed by atoms with van der Waals surface area (Å²) in [4.78, 5) is 12.4. The average Bonchev–Trinajstić information content (AvgIpc) is 2.34. The van der Waals surface area contributed by atoms with E-state index in [0.29, 0.717) is 11.1 Å². The standard InChI is InChI=1S/C14H14F3NO2/c1-18(13(20)9-14(15,16)17)10-12-5-2-4-11(8-12)6-3-7-19/h2,4-5,8,19H,7,9-10H2,1H3. The maximum Gasteiger partial charge on any atom is 0.397 e. The molecule has 0 aliphatic heterocycles. The molecule has 0 unspecified atom stereocenters. The van der Waals surface area contributed by atoms with Gasteiger partial charge in [-0.05, 0) is 17.7 Å². The fourth-order valence-electron chi connectivity index (χ4n) is 1.56. The van der Waals surface area contributed by atoms with E-state index in [0.717, 1.165) is 4.90 Å². The number of carbonyl (C=O) groups is 1. The number of hydrogen-bond acceptors (Lipinski definition) is 2. The molecular formula is C14H14F3NO2. The first kappa shape index (κ1) is 16.1. The first-order chi connectivity index (χ1) is 9.31. The largest absolute Gasteiger partial charge is 0.397 e. The second kappa shape index (κ2) is 6.96. The molecular weight excluding hydrogens is 271 g/mol. The third kappa shape index (κ3) is 5.76. The number of halogens is 3. The summed E-state index contributed by atoms with van der Waals surface area (Å²) in [5, 5.41) is 8.59. The van der Waals surface area contributed by atoms with Crippen LogP contribution in [0, 0.1) is 11.8 Å². The summed E-state index contributed by atoms with van der Waals surface area (Å²) >= 11 is 0. The van der Waals surface area contributed by atoms with Gasteiger partial charge in [0.1, 0.15) is 13.0 Å². The van der Waals surface area contributed by atoms with E-state index in [2.05, 4.69) is 11.8 Å². The second-order valence-electron chi connectivity index (χ2n) is 4.20. The van der Waals surface area contributed by atoms with Crippen LogP contribution in [0.25, 0.3) is 0 Å². The van der Waals surface area contributed by atoms with Crippen LogP contribution in [0.2, 0.25) is 0 Å². The van der Waals surface area contributed by atoms with Gasteiger partial charge in [0.05, 0.1) is 0 Å². The van der Waals surface area contributed by atoms with E-state index >= 15 is 0 Å². The predicted octanol–water partition coefficient (Wildman–Crippen LogP) is 1.94. The van der Waals surface area contributed by atoms with Crippen LogP contribution in [0.4, 0.5) is 13.2 Å². The van der Waals surface area contributed by atoms with Gasteiger partial charge in [0.25, 0.3) is 0 Å². The molecule has 0 aliphatic carbocycles. The van der Waals surface area contributed by atoms with Crippen molar-refractivity contribution in [2.75, 3.05) is 13.7 Å². The van der Waals surface area contributed by atoms with Crippen molar-refractivity contribution in [2.45, 2.75) is 19.1 Å². The smallest absolute Gasteiger partial charge is 0.384 e. The van der Waals surface area contributed by atoms with E-state index in [1.807, 2.05) is 0 Å². The normalized spacial score (nSPS) is 10.7. The first-order valence-corrected chi connectivity index (χ1v) is 5.81. The molecule has 0 bridgehead atoms. The van der Waals surface area contributed by atoms with E-state index < -0.39 is 18.5 Å². The first-order valence-electron chi connectivity index (χ1n) is 5.81. The maximum absolute atomic E-state index is 12.1. The number of alkyl halides is 3. The molecule has 0 aromatic heterocycles. The molecule has 0 radical (unpaired) electrons. The molecule has 1 aromatic carbocycles. The molecule has 0 saturated carbocycles. The summed E-state index contributed by atoms with van der Waals surface area (Å²) < 4.78 is 36.4. The lowest BCUT2D eigenvalue weighted by Crippen LogP contribution is -2.30. The van der Waals surface area contributed by atoms with Crippen LogP contribution in [-0.4, -0.2) is 35.7 Å². The van der Waals surface area contributed by atoms with E-state index in [1.54, 1.807) is 24.3 Å². The molecule has 20 heavy (non-hydrogen) atoms. The van der Waals surface area contributed by atoms with Crippen molar-refractivity contribution in [1.29, 1.82) is 0 Å². The minimum atomic E-state index is -4.50. The van der Waals surface area contributed by atoms with Gasteiger partial charge in [-0.15, -0.1) is 0 Å². The predicted molar refractivity (Wildman–Crippen MR) is 67.6 cm³/mol. The molecule has 0 spiro atoms. The molecule has 0 heterocycles. The Morgan fingerprint density at radius 3 is 2.70 bits per heavy atom. The second-order valence-corrected chi connectivity index (χ2v) is 4.20. The molecule has 0 fully saturated rings. The third-order valence-corrected chi connectivity index (χ3v) is 2.44. The van der Waals surface area contributed by atoms with Crippen molar-refractivity contribution in [1.82, 2.24) is 4.90 Å². The highest BCUT2D eigenvalue weighted by Gasteiger charge is 2.32. The average molecular weight is 285 g/mol. The zero-order valence-corrected chi connectivity index (χ0v) is 10.9. The summed E-state index contributed by atoms with van der Waals surface area (Å²) in [6.45, 7) is -0.197. The molecule has 6 heteroatoms. The quantitative estimate of drug-likeness (QED) is 0.862. The van der Waals surface area contributed by atoms with Crippen LogP contribution in [0.15, 0.2) is 24.3 Å². The molecule has 3 nitrogen and oxygen atoms in total. The van der Waals surface area contributed by atoms with Gasteiger partial charge in [-0.3, -0.25) is 4.79 Å². The van der Waals surface area contributed by atoms with Crippen LogP contribution in [0.3, 0.4) is 0 Å². The van der Waals surface area contributed by atoms with Crippen LogP contribution in [0.1, 0.15) is 17.5 Å². The summed E-state index contributed by atoms with van der Waals surface area (Å²) in [6.07, 6.45) is -5.96. The van der Waals surface area contributed by atoms with E-state index in [4.69, 9.17) is 5.11 Å². The molecule has 0 atom stereocenters. The Bertz CT molecular complexity index is 529. The lowest BCUT2D eigenvalue weighted by molar-refractivity contribution is -0.160. The number of nitrogens with zero attached hydrogens (tertiary/aromatic N) is 1. The van der Waals surface area contributed by atoms with Gasteiger partial charge >= 0.3 is 6.18 Å². The molecule has 1 amide bonds. The van der Waals surface area contributed by atoms with Crippen molar-refractivity contribution >= 4 is 5.91 Å². The molecule has 1 rings (SSSR count). The Labute approximate surface area is 115 Å². The van der Waals surface area contributed by atoms with Gasteiger partial charge < -0.3 is 10.0 Å². The van der Waals surface area contributed by atoms with E-state index in [-0.39, 0.29) is 13.2 Å². The maximum atomic E-state index is 12.1. The third-order valence-electron chi connectivity index (χ3n) is 2.44. The number of amides is 1. The zero-order valence-electron chi connectivity index (χ0n) is 10.9. The van der Waals surface area contributed by atoms with Gasteiger partial charge in [-0.1, -0.05) is 24.0 Å². The van der Waals surface area contributed by atoms with Crippen LogP contribution in [0.5, 0.6) is 0 Å². The summed E-state index contributed by atoms with van der Waals surface area (Å²) in [7, 11) is 1.32. The Kier molecular flexibility index (Phi) is 5.59. The van der Waals surface area contributed by atoms with Crippen LogP contribution < -0.4 is 0 Å². The van der Waals surface area contributed by atoms with Crippen molar-refractivity contribution in [3.8, 4) is 11.8 Å².